The van der Waals surface area contributed by atoms with Crippen molar-refractivity contribution in [3.63, 3.8) is 0 Å². The average molecular weight is 910 g/mol. The Hall–Kier alpha value is -1.54. The van der Waals surface area contributed by atoms with Gasteiger partial charge in [-0.2, -0.15) is 0 Å². The maximum absolute atomic E-state index is 13.5. The van der Waals surface area contributed by atoms with E-state index in [1.54, 1.807) is 27.7 Å². The Morgan fingerprint density at radius 2 is 1.44 bits per heavy atom. The van der Waals surface area contributed by atoms with Gasteiger partial charge >= 0.3 is 17.9 Å². The minimum absolute atomic E-state index is 0.133. The summed E-state index contributed by atoms with van der Waals surface area (Å²) in [5, 5.41) is 5.42. The summed E-state index contributed by atoms with van der Waals surface area (Å²) in [6, 6.07) is 0. The molecule has 1 saturated heterocycles. The predicted octanol–water partition coefficient (Wildman–Crippen LogP) is 5.05. The van der Waals surface area contributed by atoms with E-state index < -0.39 is 41.6 Å². The molecule has 226 valence electrons. The van der Waals surface area contributed by atoms with Crippen LogP contribution in [0.1, 0.15) is 58.3 Å². The molecule has 0 radical (unpaired) electrons. The number of carbonyl (C=O) groups is 5. The summed E-state index contributed by atoms with van der Waals surface area (Å²) in [5.41, 5.74) is -0.317. The van der Waals surface area contributed by atoms with Gasteiger partial charge in [-0.25, -0.2) is 4.79 Å². The first-order valence-electron chi connectivity index (χ1n) is 12.6. The van der Waals surface area contributed by atoms with Gasteiger partial charge in [0, 0.05) is 20.3 Å². The largest absolute Gasteiger partial charge is 0.462 e. The molecule has 0 unspecified atom stereocenters. The number of amides is 2. The molecular weight excluding hydrogens is 877 g/mol. The molecule has 1 aliphatic heterocycles. The second-order valence-corrected chi connectivity index (χ2v) is 13.3. The third-order valence-electron chi connectivity index (χ3n) is 5.89. The lowest BCUT2D eigenvalue weighted by atomic mass is 9.99. The van der Waals surface area contributed by atoms with Gasteiger partial charge in [-0.1, -0.05) is 33.8 Å². The lowest BCUT2D eigenvalue weighted by molar-refractivity contribution is -0.158. The Labute approximate surface area is 280 Å². The zero-order valence-corrected chi connectivity index (χ0v) is 30.0. The highest BCUT2D eigenvalue weighted by Crippen LogP contribution is 2.40. The van der Waals surface area contributed by atoms with Gasteiger partial charge in [-0.3, -0.25) is 19.2 Å². The number of ether oxygens (including phenoxy) is 4. The maximum atomic E-state index is 13.5. The molecule has 0 saturated carbocycles. The highest BCUT2D eigenvalue weighted by atomic mass is 127. The monoisotopic (exact) mass is 910 g/mol. The van der Waals surface area contributed by atoms with Crippen molar-refractivity contribution < 1.29 is 42.9 Å². The molecule has 0 bridgehead atoms. The Morgan fingerprint density at radius 3 is 1.88 bits per heavy atom. The van der Waals surface area contributed by atoms with Crippen LogP contribution in [0.3, 0.4) is 0 Å². The number of hydrogen-bond donors (Lipinski definition) is 2. The highest BCUT2D eigenvalue weighted by Gasteiger charge is 2.48. The summed E-state index contributed by atoms with van der Waals surface area (Å²) in [6.07, 6.45) is -0.0711. The Bertz CT molecular complexity index is 1190. The quantitative estimate of drug-likeness (QED) is 0.135. The van der Waals surface area contributed by atoms with Gasteiger partial charge in [0.1, 0.15) is 31.0 Å². The number of esters is 3. The van der Waals surface area contributed by atoms with Crippen LogP contribution >= 0.6 is 67.8 Å². The number of rotatable bonds is 11. The number of anilines is 2. The summed E-state index contributed by atoms with van der Waals surface area (Å²) in [5.74, 6) is -3.11. The predicted molar refractivity (Wildman–Crippen MR) is 176 cm³/mol. The lowest BCUT2D eigenvalue weighted by Gasteiger charge is -2.25. The van der Waals surface area contributed by atoms with Crippen LogP contribution in [0, 0.1) is 22.5 Å². The smallest absolute Gasteiger partial charge is 0.340 e. The van der Waals surface area contributed by atoms with E-state index in [0.29, 0.717) is 22.1 Å². The fourth-order valence-electron chi connectivity index (χ4n) is 3.73. The standard InChI is InChI=1S/C27H33I3N2O9/c1-8-27(11-39-24(35)12(2)3)9-16(40-25(36)13(4)5)17(41-27)10-38-26(37)18-19(28)22(31-14(6)33)21(30)23(20(18)29)32-15(7)34/h8,12-13,16-17H,1,9-11H2,2-7H3,(H,31,33)(H,32,34)/t16-,17+,27-/m0/s1. The zero-order chi connectivity index (χ0) is 31.2. The normalized spacial score (nSPS) is 20.0. The van der Waals surface area contributed by atoms with Crippen LogP contribution in [0.25, 0.3) is 0 Å². The van der Waals surface area contributed by atoms with Crippen LogP contribution in [-0.2, 0) is 38.1 Å². The average Bonchev–Trinajstić information content (AvgIpc) is 3.23. The topological polar surface area (TPSA) is 146 Å². The molecule has 0 aliphatic carbocycles. The first-order valence-corrected chi connectivity index (χ1v) is 15.9. The van der Waals surface area contributed by atoms with E-state index in [-0.39, 0.29) is 42.9 Å². The number of carbonyl (C=O) groups excluding carboxylic acids is 5. The summed E-state index contributed by atoms with van der Waals surface area (Å²) in [6.45, 7) is 12.8. The Kier molecular flexibility index (Phi) is 13.3. The van der Waals surface area contributed by atoms with Crippen LogP contribution in [0.2, 0.25) is 0 Å². The van der Waals surface area contributed by atoms with E-state index in [1.807, 2.05) is 67.8 Å². The first-order chi connectivity index (χ1) is 19.0. The fourth-order valence-corrected chi connectivity index (χ4v) is 7.88. The Balaban J connectivity index is 2.40. The summed E-state index contributed by atoms with van der Waals surface area (Å²) in [7, 11) is 0. The minimum atomic E-state index is -1.16. The highest BCUT2D eigenvalue weighted by molar-refractivity contribution is 14.1. The van der Waals surface area contributed by atoms with Crippen LogP contribution < -0.4 is 10.6 Å². The van der Waals surface area contributed by atoms with E-state index in [9.17, 15) is 24.0 Å². The Morgan fingerprint density at radius 1 is 0.927 bits per heavy atom. The molecule has 41 heavy (non-hydrogen) atoms. The third kappa shape index (κ3) is 9.22. The van der Waals surface area contributed by atoms with Gasteiger partial charge in [-0.15, -0.1) is 6.58 Å². The van der Waals surface area contributed by atoms with Crippen molar-refractivity contribution in [2.75, 3.05) is 23.8 Å². The van der Waals surface area contributed by atoms with E-state index in [1.165, 1.54) is 19.9 Å². The van der Waals surface area contributed by atoms with Crippen molar-refractivity contribution in [3.05, 3.63) is 28.9 Å². The third-order valence-corrected chi connectivity index (χ3v) is 9.13. The molecule has 0 aromatic heterocycles. The van der Waals surface area contributed by atoms with E-state index >= 15 is 0 Å². The van der Waals surface area contributed by atoms with Crippen LogP contribution in [0.4, 0.5) is 11.4 Å². The van der Waals surface area contributed by atoms with E-state index in [4.69, 9.17) is 18.9 Å². The number of nitrogens with one attached hydrogen (secondary N) is 2. The molecule has 1 fully saturated rings. The molecule has 11 nitrogen and oxygen atoms in total. The van der Waals surface area contributed by atoms with Gasteiger partial charge in [-0.05, 0) is 67.8 Å². The van der Waals surface area contributed by atoms with E-state index in [2.05, 4.69) is 17.2 Å². The molecule has 14 heteroatoms. The number of benzene rings is 1. The van der Waals surface area contributed by atoms with Crippen molar-refractivity contribution in [2.45, 2.75) is 65.8 Å². The molecule has 2 rings (SSSR count). The van der Waals surface area contributed by atoms with Crippen molar-refractivity contribution >= 4 is 109 Å². The van der Waals surface area contributed by atoms with E-state index in [0.717, 1.165) is 0 Å². The SMILES string of the molecule is C=C[C@@]1(COC(=O)C(C)C)C[C@H](OC(=O)C(C)C)[C@@H](COC(=O)c2c(I)c(NC(C)=O)c(I)c(NC(C)=O)c2I)O1. The van der Waals surface area contributed by atoms with Crippen LogP contribution in [0.15, 0.2) is 12.7 Å². The lowest BCUT2D eigenvalue weighted by Crippen LogP contribution is -2.35. The van der Waals surface area contributed by atoms with Crippen molar-refractivity contribution in [1.29, 1.82) is 0 Å². The van der Waals surface area contributed by atoms with Gasteiger partial charge in [0.2, 0.25) is 11.8 Å². The van der Waals surface area contributed by atoms with Crippen LogP contribution in [-0.4, -0.2) is 60.7 Å². The van der Waals surface area contributed by atoms with Crippen molar-refractivity contribution in [1.82, 2.24) is 0 Å². The van der Waals surface area contributed by atoms with Gasteiger partial charge < -0.3 is 29.6 Å². The maximum Gasteiger partial charge on any atom is 0.340 e. The van der Waals surface area contributed by atoms with Crippen LogP contribution in [0.5, 0.6) is 0 Å². The minimum Gasteiger partial charge on any atom is -0.462 e. The molecule has 2 N–H and O–H groups in total. The zero-order valence-electron chi connectivity index (χ0n) is 23.5. The van der Waals surface area contributed by atoms with Gasteiger partial charge in [0.05, 0.1) is 39.5 Å². The number of hydrogen-bond acceptors (Lipinski definition) is 9. The molecule has 1 aromatic carbocycles. The summed E-state index contributed by atoms with van der Waals surface area (Å²) in [4.78, 5) is 61.8. The second kappa shape index (κ2) is 15.3. The van der Waals surface area contributed by atoms with Gasteiger partial charge in [0.25, 0.3) is 0 Å². The van der Waals surface area contributed by atoms with Crippen molar-refractivity contribution in [3.8, 4) is 0 Å². The molecule has 2 amide bonds. The molecular formula is C27H33I3N2O9. The molecule has 0 spiro atoms. The number of halogens is 3. The molecule has 1 aliphatic rings. The summed E-state index contributed by atoms with van der Waals surface area (Å²) >= 11 is 5.87. The van der Waals surface area contributed by atoms with Crippen molar-refractivity contribution in [2.24, 2.45) is 11.8 Å². The summed E-state index contributed by atoms with van der Waals surface area (Å²) < 4.78 is 24.3. The molecule has 1 aromatic rings. The molecule has 3 atom stereocenters. The fraction of sp³-hybridized carbons (Fsp3) is 0.519. The molecule has 1 heterocycles. The second-order valence-electron chi connectivity index (χ2n) is 10.0. The van der Waals surface area contributed by atoms with Gasteiger partial charge in [0.15, 0.2) is 0 Å². The first kappa shape index (κ1) is 35.7.